The van der Waals surface area contributed by atoms with E-state index in [4.69, 9.17) is 9.84 Å². The highest BCUT2D eigenvalue weighted by Gasteiger charge is 2.11. The molecule has 1 aromatic rings. The zero-order chi connectivity index (χ0) is 11.1. The highest BCUT2D eigenvalue weighted by atomic mass is 16.5. The number of carbonyl (C=O) groups is 1. The highest BCUT2D eigenvalue weighted by molar-refractivity contribution is 5.90. The average Bonchev–Trinajstić information content (AvgIpc) is 2.20. The zero-order valence-corrected chi connectivity index (χ0v) is 8.87. The van der Waals surface area contributed by atoms with Gasteiger partial charge in [-0.3, -0.25) is 0 Å². The van der Waals surface area contributed by atoms with Crippen molar-refractivity contribution in [2.45, 2.75) is 20.8 Å². The molecule has 0 unspecified atom stereocenters. The Bertz CT molecular complexity index is 310. The predicted octanol–water partition coefficient (Wildman–Crippen LogP) is 2.12. The van der Waals surface area contributed by atoms with Crippen molar-refractivity contribution in [3.05, 3.63) is 23.4 Å². The number of pyridine rings is 1. The van der Waals surface area contributed by atoms with Gasteiger partial charge >= 0.3 is 5.97 Å². The summed E-state index contributed by atoms with van der Waals surface area (Å²) in [6, 6.07) is 1.52. The summed E-state index contributed by atoms with van der Waals surface area (Å²) in [6.45, 7) is 5.78. The molecule has 0 aliphatic carbocycles. The number of methoxy groups -OCH3 is 1. The van der Waals surface area contributed by atoms with Crippen molar-refractivity contribution < 1.29 is 14.6 Å². The lowest BCUT2D eigenvalue weighted by Crippen LogP contribution is -2.02. The van der Waals surface area contributed by atoms with E-state index < -0.39 is 5.97 Å². The summed E-state index contributed by atoms with van der Waals surface area (Å²) >= 11 is 0. The van der Waals surface area contributed by atoms with E-state index in [1.54, 1.807) is 13.1 Å². The Hall–Kier alpha value is -1.58. The fourth-order valence-corrected chi connectivity index (χ4v) is 0.873. The lowest BCUT2D eigenvalue weighted by Gasteiger charge is -2.02. The number of hydrogen-bond acceptors (Lipinski definition) is 3. The van der Waals surface area contributed by atoms with Crippen LogP contribution < -0.4 is 4.74 Å². The molecule has 0 aliphatic heterocycles. The second kappa shape index (κ2) is 5.96. The molecule has 1 N–H and O–H groups in total. The van der Waals surface area contributed by atoms with Crippen LogP contribution in [0.3, 0.4) is 0 Å². The maximum Gasteiger partial charge on any atom is 0.341 e. The third-order valence-electron chi connectivity index (χ3n) is 1.41. The number of ether oxygens (including phenoxy) is 1. The van der Waals surface area contributed by atoms with Gasteiger partial charge in [0.05, 0.1) is 7.11 Å². The summed E-state index contributed by atoms with van der Waals surface area (Å²) in [7, 11) is 1.39. The maximum absolute atomic E-state index is 10.6. The minimum atomic E-state index is -1.02. The van der Waals surface area contributed by atoms with E-state index in [1.807, 2.05) is 13.8 Å². The van der Waals surface area contributed by atoms with Crippen molar-refractivity contribution in [1.29, 1.82) is 0 Å². The average molecular weight is 197 g/mol. The molecule has 14 heavy (non-hydrogen) atoms. The number of aromatic nitrogens is 1. The van der Waals surface area contributed by atoms with Gasteiger partial charge in [-0.1, -0.05) is 13.8 Å². The van der Waals surface area contributed by atoms with Crippen molar-refractivity contribution >= 4 is 5.97 Å². The predicted molar refractivity (Wildman–Crippen MR) is 53.8 cm³/mol. The van der Waals surface area contributed by atoms with Gasteiger partial charge in [-0.15, -0.1) is 0 Å². The molecular weight excluding hydrogens is 182 g/mol. The van der Waals surface area contributed by atoms with Crippen LogP contribution in [0.2, 0.25) is 0 Å². The van der Waals surface area contributed by atoms with Gasteiger partial charge in [-0.25, -0.2) is 9.78 Å². The minimum absolute atomic E-state index is 0.0949. The maximum atomic E-state index is 10.6. The van der Waals surface area contributed by atoms with Gasteiger partial charge in [0.1, 0.15) is 5.56 Å². The zero-order valence-electron chi connectivity index (χ0n) is 8.87. The number of carboxylic acids is 1. The standard InChI is InChI=1S/C8H9NO3.C2H6/c1-5-3-6(8(10)11)7(12-2)9-4-5;1-2/h3-4H,1-2H3,(H,10,11);1-2H3. The Balaban J connectivity index is 0.000000791. The summed E-state index contributed by atoms with van der Waals surface area (Å²) in [4.78, 5) is 14.4. The van der Waals surface area contributed by atoms with Crippen molar-refractivity contribution in [3.8, 4) is 5.88 Å². The Morgan fingerprint density at radius 3 is 2.50 bits per heavy atom. The second-order valence-electron chi connectivity index (χ2n) is 2.37. The van der Waals surface area contributed by atoms with E-state index in [0.717, 1.165) is 5.56 Å². The molecule has 0 radical (unpaired) electrons. The lowest BCUT2D eigenvalue weighted by atomic mass is 10.2. The molecule has 1 rings (SSSR count). The molecule has 0 atom stereocenters. The summed E-state index contributed by atoms with van der Waals surface area (Å²) < 4.78 is 4.77. The largest absolute Gasteiger partial charge is 0.480 e. The SMILES string of the molecule is CC.COc1ncc(C)cc1C(=O)O. The first kappa shape index (κ1) is 12.4. The lowest BCUT2D eigenvalue weighted by molar-refractivity contribution is 0.0692. The quantitative estimate of drug-likeness (QED) is 0.788. The van der Waals surface area contributed by atoms with E-state index in [2.05, 4.69) is 4.98 Å². The molecule has 0 saturated carbocycles. The van der Waals surface area contributed by atoms with E-state index in [1.165, 1.54) is 13.2 Å². The van der Waals surface area contributed by atoms with Crippen LogP contribution in [0.15, 0.2) is 12.3 Å². The third-order valence-corrected chi connectivity index (χ3v) is 1.41. The molecule has 0 aromatic carbocycles. The van der Waals surface area contributed by atoms with Crippen LogP contribution in [0.1, 0.15) is 29.8 Å². The molecule has 78 valence electrons. The molecular formula is C10H15NO3. The van der Waals surface area contributed by atoms with Crippen molar-refractivity contribution in [2.75, 3.05) is 7.11 Å². The van der Waals surface area contributed by atoms with Crippen LogP contribution in [0.25, 0.3) is 0 Å². The van der Waals surface area contributed by atoms with Crippen molar-refractivity contribution in [2.24, 2.45) is 0 Å². The highest BCUT2D eigenvalue weighted by Crippen LogP contribution is 2.15. The molecule has 0 amide bonds. The Labute approximate surface area is 83.6 Å². The molecule has 0 aliphatic rings. The van der Waals surface area contributed by atoms with Crippen LogP contribution in [0, 0.1) is 6.92 Å². The van der Waals surface area contributed by atoms with Crippen LogP contribution in [0.4, 0.5) is 0 Å². The number of aryl methyl sites for hydroxylation is 1. The van der Waals surface area contributed by atoms with Crippen molar-refractivity contribution in [3.63, 3.8) is 0 Å². The first-order valence-electron chi connectivity index (χ1n) is 4.39. The van der Waals surface area contributed by atoms with Gasteiger partial charge in [0, 0.05) is 6.20 Å². The first-order chi connectivity index (χ1) is 6.65. The number of aromatic carboxylic acids is 1. The van der Waals surface area contributed by atoms with Gasteiger partial charge in [-0.05, 0) is 18.6 Å². The minimum Gasteiger partial charge on any atom is -0.480 e. The fraction of sp³-hybridized carbons (Fsp3) is 0.400. The summed E-state index contributed by atoms with van der Waals surface area (Å²) in [5.74, 6) is -0.879. The number of hydrogen-bond donors (Lipinski definition) is 1. The van der Waals surface area contributed by atoms with Gasteiger partial charge in [0.2, 0.25) is 5.88 Å². The normalized spacial score (nSPS) is 8.57. The molecule has 4 heteroatoms. The fourth-order valence-electron chi connectivity index (χ4n) is 0.873. The summed E-state index contributed by atoms with van der Waals surface area (Å²) in [5, 5.41) is 8.70. The van der Waals surface area contributed by atoms with Crippen LogP contribution in [-0.4, -0.2) is 23.2 Å². The number of nitrogens with zero attached hydrogens (tertiary/aromatic N) is 1. The monoisotopic (exact) mass is 197 g/mol. The van der Waals surface area contributed by atoms with Crippen LogP contribution >= 0.6 is 0 Å². The molecule has 1 heterocycles. The number of carboxylic acid groups (broad SMARTS) is 1. The molecule has 4 nitrogen and oxygen atoms in total. The van der Waals surface area contributed by atoms with Crippen molar-refractivity contribution in [1.82, 2.24) is 4.98 Å². The number of rotatable bonds is 2. The Morgan fingerprint density at radius 2 is 2.07 bits per heavy atom. The molecule has 0 saturated heterocycles. The summed E-state index contributed by atoms with van der Waals surface area (Å²) in [5.41, 5.74) is 0.894. The molecule has 0 bridgehead atoms. The third kappa shape index (κ3) is 3.05. The van der Waals surface area contributed by atoms with Gasteiger partial charge in [0.15, 0.2) is 0 Å². The summed E-state index contributed by atoms with van der Waals surface area (Å²) in [6.07, 6.45) is 1.56. The topological polar surface area (TPSA) is 59.4 Å². The molecule has 0 spiro atoms. The Kier molecular flexibility index (Phi) is 5.29. The van der Waals surface area contributed by atoms with Crippen LogP contribution in [0.5, 0.6) is 5.88 Å². The van der Waals surface area contributed by atoms with Gasteiger partial charge < -0.3 is 9.84 Å². The Morgan fingerprint density at radius 1 is 1.50 bits per heavy atom. The van der Waals surface area contributed by atoms with E-state index in [0.29, 0.717) is 0 Å². The molecule has 0 fully saturated rings. The first-order valence-corrected chi connectivity index (χ1v) is 4.39. The van der Waals surface area contributed by atoms with E-state index in [9.17, 15) is 4.79 Å². The van der Waals surface area contributed by atoms with Gasteiger partial charge in [0.25, 0.3) is 0 Å². The van der Waals surface area contributed by atoms with Gasteiger partial charge in [-0.2, -0.15) is 0 Å². The second-order valence-corrected chi connectivity index (χ2v) is 2.37. The van der Waals surface area contributed by atoms with E-state index >= 15 is 0 Å². The van der Waals surface area contributed by atoms with Crippen LogP contribution in [-0.2, 0) is 0 Å². The molecule has 1 aromatic heterocycles. The van der Waals surface area contributed by atoms with E-state index in [-0.39, 0.29) is 11.4 Å². The smallest absolute Gasteiger partial charge is 0.341 e.